The van der Waals surface area contributed by atoms with Crippen LogP contribution in [0.1, 0.15) is 38.7 Å². The molecule has 4 rings (SSSR count). The van der Waals surface area contributed by atoms with E-state index in [0.29, 0.717) is 56.7 Å². The third-order valence-electron chi connectivity index (χ3n) is 5.88. The number of nitrogens with zero attached hydrogens (tertiary/aromatic N) is 4. The lowest BCUT2D eigenvalue weighted by Crippen LogP contribution is -2.28. The van der Waals surface area contributed by atoms with Crippen molar-refractivity contribution in [3.8, 4) is 0 Å². The van der Waals surface area contributed by atoms with Gasteiger partial charge in [-0.25, -0.2) is 8.78 Å². The lowest BCUT2D eigenvalue weighted by molar-refractivity contribution is 0.0953. The Morgan fingerprint density at radius 3 is 2.75 bits per heavy atom. The van der Waals surface area contributed by atoms with E-state index < -0.39 is 11.6 Å². The van der Waals surface area contributed by atoms with Gasteiger partial charge in [-0.15, -0.1) is 10.2 Å². The number of benzene rings is 2. The van der Waals surface area contributed by atoms with E-state index in [4.69, 9.17) is 0 Å². The summed E-state index contributed by atoms with van der Waals surface area (Å²) in [6, 6.07) is 10.1. The van der Waals surface area contributed by atoms with E-state index in [1.165, 1.54) is 6.07 Å². The number of hydrogen-bond acceptors (Lipinski definition) is 4. The summed E-state index contributed by atoms with van der Waals surface area (Å²) in [4.78, 5) is 14.6. The third kappa shape index (κ3) is 4.85. The molecular weight excluding hydrogens is 412 g/mol. The van der Waals surface area contributed by atoms with Gasteiger partial charge >= 0.3 is 0 Å². The molecule has 1 aliphatic heterocycles. The zero-order valence-electron chi connectivity index (χ0n) is 18.4. The minimum atomic E-state index is -0.820. The Labute approximate surface area is 186 Å². The molecule has 1 aliphatic rings. The van der Waals surface area contributed by atoms with Crippen molar-refractivity contribution in [1.29, 1.82) is 0 Å². The first-order valence-electron chi connectivity index (χ1n) is 10.8. The quantitative estimate of drug-likeness (QED) is 0.641. The standard InChI is InChI=1S/C24H27F2N5O/c1-16-6-7-19(17(2)14-16)24(32)27-10-8-21-28-29-22-9-11-30(12-13-31(21)22)15-18-4-3-5-20(25)23(18)26/h3-7,14H,8-13,15H2,1-2H3,(H,27,32). The van der Waals surface area contributed by atoms with Gasteiger partial charge in [-0.05, 0) is 31.5 Å². The van der Waals surface area contributed by atoms with Gasteiger partial charge in [0.2, 0.25) is 0 Å². The molecule has 0 unspecified atom stereocenters. The molecule has 1 amide bonds. The average Bonchev–Trinajstić information content (AvgIpc) is 3.03. The number of aryl methyl sites for hydroxylation is 2. The first-order chi connectivity index (χ1) is 15.4. The van der Waals surface area contributed by atoms with Crippen LogP contribution in [0.2, 0.25) is 0 Å². The zero-order valence-corrected chi connectivity index (χ0v) is 18.4. The molecule has 0 fully saturated rings. The van der Waals surface area contributed by atoms with E-state index in [9.17, 15) is 13.6 Å². The molecule has 6 nitrogen and oxygen atoms in total. The first kappa shape index (κ1) is 22.1. The first-order valence-corrected chi connectivity index (χ1v) is 10.8. The molecule has 2 aromatic carbocycles. The molecule has 8 heteroatoms. The zero-order chi connectivity index (χ0) is 22.7. The number of fused-ring (bicyclic) bond motifs is 1. The minimum Gasteiger partial charge on any atom is -0.352 e. The van der Waals surface area contributed by atoms with Crippen LogP contribution in [0.4, 0.5) is 8.78 Å². The summed E-state index contributed by atoms with van der Waals surface area (Å²) < 4.78 is 29.6. The number of aromatic nitrogens is 3. The van der Waals surface area contributed by atoms with Gasteiger partial charge in [0.1, 0.15) is 11.6 Å². The van der Waals surface area contributed by atoms with Gasteiger partial charge in [0.05, 0.1) is 0 Å². The van der Waals surface area contributed by atoms with Gasteiger partial charge in [-0.3, -0.25) is 9.69 Å². The van der Waals surface area contributed by atoms with Crippen LogP contribution < -0.4 is 5.32 Å². The van der Waals surface area contributed by atoms with Gasteiger partial charge < -0.3 is 9.88 Å². The summed E-state index contributed by atoms with van der Waals surface area (Å²) in [5, 5.41) is 11.6. The summed E-state index contributed by atoms with van der Waals surface area (Å²) in [7, 11) is 0. The molecule has 0 radical (unpaired) electrons. The molecule has 0 saturated heterocycles. The lowest BCUT2D eigenvalue weighted by atomic mass is 10.1. The van der Waals surface area contributed by atoms with Crippen molar-refractivity contribution in [3.05, 3.63) is 81.9 Å². The normalized spacial score (nSPS) is 14.1. The molecule has 32 heavy (non-hydrogen) atoms. The Morgan fingerprint density at radius 1 is 1.09 bits per heavy atom. The van der Waals surface area contributed by atoms with Crippen molar-refractivity contribution in [3.63, 3.8) is 0 Å². The smallest absolute Gasteiger partial charge is 0.251 e. The number of rotatable bonds is 6. The van der Waals surface area contributed by atoms with Crippen molar-refractivity contribution >= 4 is 5.91 Å². The van der Waals surface area contributed by atoms with Crippen LogP contribution in [0.15, 0.2) is 36.4 Å². The van der Waals surface area contributed by atoms with Crippen molar-refractivity contribution in [2.24, 2.45) is 0 Å². The van der Waals surface area contributed by atoms with E-state index in [1.807, 2.05) is 32.0 Å². The number of hydrogen-bond donors (Lipinski definition) is 1. The highest BCUT2D eigenvalue weighted by molar-refractivity contribution is 5.95. The van der Waals surface area contributed by atoms with E-state index in [0.717, 1.165) is 28.8 Å². The summed E-state index contributed by atoms with van der Waals surface area (Å²) in [5.41, 5.74) is 3.11. The molecule has 168 valence electrons. The van der Waals surface area contributed by atoms with Gasteiger partial charge in [0, 0.05) is 56.7 Å². The van der Waals surface area contributed by atoms with Crippen LogP contribution in [0, 0.1) is 25.5 Å². The molecule has 0 saturated carbocycles. The van der Waals surface area contributed by atoms with Gasteiger partial charge in [-0.1, -0.05) is 29.8 Å². The highest BCUT2D eigenvalue weighted by Crippen LogP contribution is 2.17. The summed E-state index contributed by atoms with van der Waals surface area (Å²) >= 11 is 0. The number of carbonyl (C=O) groups excluding carboxylic acids is 1. The van der Waals surface area contributed by atoms with Crippen LogP contribution >= 0.6 is 0 Å². The van der Waals surface area contributed by atoms with Crippen molar-refractivity contribution in [2.45, 2.75) is 39.8 Å². The fourth-order valence-electron chi connectivity index (χ4n) is 4.13. The maximum atomic E-state index is 14.0. The second-order valence-electron chi connectivity index (χ2n) is 8.25. The van der Waals surface area contributed by atoms with Crippen LogP contribution in [0.5, 0.6) is 0 Å². The molecular formula is C24H27F2N5O. The van der Waals surface area contributed by atoms with Crippen molar-refractivity contribution < 1.29 is 13.6 Å². The van der Waals surface area contributed by atoms with E-state index >= 15 is 0 Å². The maximum absolute atomic E-state index is 14.0. The van der Waals surface area contributed by atoms with Gasteiger partial charge in [0.25, 0.3) is 5.91 Å². The average molecular weight is 440 g/mol. The van der Waals surface area contributed by atoms with Gasteiger partial charge in [-0.2, -0.15) is 0 Å². The highest BCUT2D eigenvalue weighted by Gasteiger charge is 2.20. The Bertz CT molecular complexity index is 1130. The van der Waals surface area contributed by atoms with Crippen molar-refractivity contribution in [1.82, 2.24) is 25.0 Å². The molecule has 3 aromatic rings. The molecule has 0 aliphatic carbocycles. The molecule has 0 spiro atoms. The topological polar surface area (TPSA) is 63.1 Å². The number of carbonyl (C=O) groups is 1. The fraction of sp³-hybridized carbons (Fsp3) is 0.375. The number of amides is 1. The molecule has 0 atom stereocenters. The van der Waals surface area contributed by atoms with E-state index in [1.54, 1.807) is 6.07 Å². The predicted octanol–water partition coefficient (Wildman–Crippen LogP) is 3.20. The van der Waals surface area contributed by atoms with Crippen LogP contribution in [-0.2, 0) is 25.9 Å². The van der Waals surface area contributed by atoms with Crippen LogP contribution in [-0.4, -0.2) is 45.2 Å². The Morgan fingerprint density at radius 2 is 1.94 bits per heavy atom. The Balaban J connectivity index is 1.34. The molecule has 1 N–H and O–H groups in total. The molecule has 1 aromatic heterocycles. The van der Waals surface area contributed by atoms with Crippen molar-refractivity contribution in [2.75, 3.05) is 19.6 Å². The minimum absolute atomic E-state index is 0.0959. The molecule has 0 bridgehead atoms. The maximum Gasteiger partial charge on any atom is 0.251 e. The van der Waals surface area contributed by atoms with Crippen LogP contribution in [0.3, 0.4) is 0 Å². The lowest BCUT2D eigenvalue weighted by Gasteiger charge is -2.20. The van der Waals surface area contributed by atoms with Crippen LogP contribution in [0.25, 0.3) is 0 Å². The Kier molecular flexibility index (Phi) is 6.60. The fourth-order valence-corrected chi connectivity index (χ4v) is 4.13. The summed E-state index contributed by atoms with van der Waals surface area (Å²) in [6.07, 6.45) is 1.25. The van der Waals surface area contributed by atoms with E-state index in [2.05, 4.69) is 25.0 Å². The molecule has 2 heterocycles. The van der Waals surface area contributed by atoms with Gasteiger partial charge in [0.15, 0.2) is 11.6 Å². The predicted molar refractivity (Wildman–Crippen MR) is 117 cm³/mol. The second kappa shape index (κ2) is 9.56. The SMILES string of the molecule is Cc1ccc(C(=O)NCCc2nnc3n2CCN(Cc2cccc(F)c2F)CC3)c(C)c1. The largest absolute Gasteiger partial charge is 0.352 e. The summed E-state index contributed by atoms with van der Waals surface area (Å²) in [5.74, 6) is 0.0000394. The third-order valence-corrected chi connectivity index (χ3v) is 5.88. The number of nitrogens with one attached hydrogen (secondary N) is 1. The van der Waals surface area contributed by atoms with E-state index in [-0.39, 0.29) is 5.91 Å². The number of halogens is 2. The highest BCUT2D eigenvalue weighted by atomic mass is 19.2. The Hall–Kier alpha value is -3.13. The monoisotopic (exact) mass is 439 g/mol. The second-order valence-corrected chi connectivity index (χ2v) is 8.25. The summed E-state index contributed by atoms with van der Waals surface area (Å²) in [6.45, 7) is 6.79.